The van der Waals surface area contributed by atoms with Crippen molar-refractivity contribution in [1.29, 1.82) is 0 Å². The van der Waals surface area contributed by atoms with Gasteiger partial charge in [-0.25, -0.2) is 4.79 Å². The molecule has 4 rings (SSSR count). The van der Waals surface area contributed by atoms with E-state index in [-0.39, 0.29) is 11.5 Å². The van der Waals surface area contributed by atoms with Crippen molar-refractivity contribution in [3.8, 4) is 34.3 Å². The van der Waals surface area contributed by atoms with Crippen LogP contribution in [0.15, 0.2) is 60.7 Å². The van der Waals surface area contributed by atoms with E-state index in [4.69, 9.17) is 18.4 Å². The molecule has 0 saturated carbocycles. The fourth-order valence-corrected chi connectivity index (χ4v) is 3.11. The molecule has 0 N–H and O–H groups in total. The fourth-order valence-electron chi connectivity index (χ4n) is 2.66. The summed E-state index contributed by atoms with van der Waals surface area (Å²) in [5, 5.41) is 4.62. The van der Waals surface area contributed by atoms with Crippen molar-refractivity contribution < 1.29 is 18.4 Å². The van der Waals surface area contributed by atoms with E-state index in [0.717, 1.165) is 15.8 Å². The van der Waals surface area contributed by atoms with Crippen molar-refractivity contribution >= 4 is 26.9 Å². The molecular formula is C19H13BrN2O5. The molecule has 27 heavy (non-hydrogen) atoms. The molecule has 136 valence electrons. The van der Waals surface area contributed by atoms with E-state index >= 15 is 0 Å². The van der Waals surface area contributed by atoms with Crippen LogP contribution in [0.3, 0.4) is 0 Å². The van der Waals surface area contributed by atoms with Crippen LogP contribution in [-0.4, -0.2) is 24.4 Å². The zero-order chi connectivity index (χ0) is 19.0. The predicted molar refractivity (Wildman–Crippen MR) is 102 cm³/mol. The van der Waals surface area contributed by atoms with Gasteiger partial charge in [0.05, 0.1) is 14.2 Å². The Morgan fingerprint density at radius 2 is 1.81 bits per heavy atom. The first-order valence-corrected chi connectivity index (χ1v) is 8.68. The number of hydrogen-bond acceptors (Lipinski definition) is 7. The predicted octanol–water partition coefficient (Wildman–Crippen LogP) is 4.29. The third-order valence-corrected chi connectivity index (χ3v) is 4.45. The summed E-state index contributed by atoms with van der Waals surface area (Å²) < 4.78 is 21.9. The lowest BCUT2D eigenvalue weighted by atomic mass is 10.1. The second kappa shape index (κ2) is 6.88. The van der Waals surface area contributed by atoms with Crippen LogP contribution in [0.2, 0.25) is 0 Å². The molecule has 2 heterocycles. The second-order valence-electron chi connectivity index (χ2n) is 5.63. The Balaban J connectivity index is 1.79. The van der Waals surface area contributed by atoms with Gasteiger partial charge in [0.2, 0.25) is 5.82 Å². The van der Waals surface area contributed by atoms with Gasteiger partial charge in [-0.2, -0.15) is 4.98 Å². The van der Waals surface area contributed by atoms with Crippen molar-refractivity contribution in [3.63, 3.8) is 0 Å². The SMILES string of the molecule is COc1ccc(-c2noc(-c3cc4cc(Br)cc(OC)c4oc3=O)n2)cc1. The molecule has 0 fully saturated rings. The normalized spacial score (nSPS) is 10.9. The molecule has 0 unspecified atom stereocenters. The van der Waals surface area contributed by atoms with Gasteiger partial charge < -0.3 is 18.4 Å². The highest BCUT2D eigenvalue weighted by molar-refractivity contribution is 9.10. The first-order chi connectivity index (χ1) is 13.1. The van der Waals surface area contributed by atoms with Crippen LogP contribution in [0.1, 0.15) is 0 Å². The molecular weight excluding hydrogens is 416 g/mol. The summed E-state index contributed by atoms with van der Waals surface area (Å²) in [6.07, 6.45) is 0. The average molecular weight is 429 g/mol. The Morgan fingerprint density at radius 3 is 2.52 bits per heavy atom. The van der Waals surface area contributed by atoms with Crippen LogP contribution >= 0.6 is 15.9 Å². The fraction of sp³-hybridized carbons (Fsp3) is 0.105. The summed E-state index contributed by atoms with van der Waals surface area (Å²) in [5.41, 5.74) is 0.674. The van der Waals surface area contributed by atoms with Crippen LogP contribution in [0.25, 0.3) is 33.8 Å². The molecule has 2 aromatic heterocycles. The summed E-state index contributed by atoms with van der Waals surface area (Å²) in [4.78, 5) is 16.8. The molecule has 0 aliphatic carbocycles. The Kier molecular flexibility index (Phi) is 4.41. The molecule has 0 aliphatic heterocycles. The smallest absolute Gasteiger partial charge is 0.349 e. The number of hydrogen-bond donors (Lipinski definition) is 0. The van der Waals surface area contributed by atoms with E-state index in [1.165, 1.54) is 7.11 Å². The maximum atomic E-state index is 12.4. The topological polar surface area (TPSA) is 87.6 Å². The molecule has 0 amide bonds. The number of rotatable bonds is 4. The van der Waals surface area contributed by atoms with Crippen molar-refractivity contribution in [2.24, 2.45) is 0 Å². The Labute approximate surface area is 161 Å². The Hall–Kier alpha value is -3.13. The minimum atomic E-state index is -0.590. The quantitative estimate of drug-likeness (QED) is 0.448. The van der Waals surface area contributed by atoms with Gasteiger partial charge in [0.15, 0.2) is 11.3 Å². The van der Waals surface area contributed by atoms with Crippen molar-refractivity contribution in [2.75, 3.05) is 14.2 Å². The maximum absolute atomic E-state index is 12.4. The Bertz CT molecular complexity index is 1180. The van der Waals surface area contributed by atoms with E-state index < -0.39 is 5.63 Å². The molecule has 0 bridgehead atoms. The molecule has 4 aromatic rings. The minimum absolute atomic E-state index is 0.0791. The summed E-state index contributed by atoms with van der Waals surface area (Å²) in [5.74, 6) is 1.61. The second-order valence-corrected chi connectivity index (χ2v) is 6.54. The molecule has 8 heteroatoms. The van der Waals surface area contributed by atoms with Crippen molar-refractivity contribution in [2.45, 2.75) is 0 Å². The molecule has 0 aliphatic rings. The lowest BCUT2D eigenvalue weighted by Crippen LogP contribution is -2.03. The van der Waals surface area contributed by atoms with Gasteiger partial charge in [0, 0.05) is 15.4 Å². The minimum Gasteiger partial charge on any atom is -0.497 e. The van der Waals surface area contributed by atoms with Crippen molar-refractivity contribution in [3.05, 3.63) is 57.4 Å². The molecule has 0 atom stereocenters. The number of benzene rings is 2. The van der Waals surface area contributed by atoms with E-state index in [0.29, 0.717) is 22.5 Å². The molecule has 0 radical (unpaired) electrons. The molecule has 2 aromatic carbocycles. The summed E-state index contributed by atoms with van der Waals surface area (Å²) in [6.45, 7) is 0. The summed E-state index contributed by atoms with van der Waals surface area (Å²) in [7, 11) is 3.10. The Morgan fingerprint density at radius 1 is 1.04 bits per heavy atom. The molecule has 0 spiro atoms. The van der Waals surface area contributed by atoms with Crippen LogP contribution in [0.4, 0.5) is 0 Å². The number of aromatic nitrogens is 2. The largest absolute Gasteiger partial charge is 0.497 e. The van der Waals surface area contributed by atoms with Crippen LogP contribution in [0.5, 0.6) is 11.5 Å². The van der Waals surface area contributed by atoms with E-state index in [2.05, 4.69) is 26.1 Å². The number of nitrogens with zero attached hydrogens (tertiary/aromatic N) is 2. The van der Waals surface area contributed by atoms with E-state index in [1.54, 1.807) is 43.5 Å². The van der Waals surface area contributed by atoms with Gasteiger partial charge in [0.25, 0.3) is 5.89 Å². The zero-order valence-corrected chi connectivity index (χ0v) is 15.9. The number of fused-ring (bicyclic) bond motifs is 1. The standard InChI is InChI=1S/C19H13BrN2O5/c1-24-13-5-3-10(4-6-13)17-21-18(27-22-17)14-8-11-7-12(20)9-15(25-2)16(11)26-19(14)23/h3-9H,1-2H3. The first-order valence-electron chi connectivity index (χ1n) is 7.89. The molecule has 0 saturated heterocycles. The van der Waals surface area contributed by atoms with Gasteiger partial charge in [0.1, 0.15) is 11.3 Å². The number of methoxy groups -OCH3 is 2. The highest BCUT2D eigenvalue weighted by Gasteiger charge is 2.18. The van der Waals surface area contributed by atoms with Crippen molar-refractivity contribution in [1.82, 2.24) is 10.1 Å². The van der Waals surface area contributed by atoms with Crippen LogP contribution < -0.4 is 15.1 Å². The van der Waals surface area contributed by atoms with Gasteiger partial charge >= 0.3 is 5.63 Å². The lowest BCUT2D eigenvalue weighted by Gasteiger charge is -2.05. The number of ether oxygens (including phenoxy) is 2. The van der Waals surface area contributed by atoms with Gasteiger partial charge in [-0.15, -0.1) is 0 Å². The molecule has 7 nitrogen and oxygen atoms in total. The van der Waals surface area contributed by atoms with Crippen LogP contribution in [-0.2, 0) is 0 Å². The maximum Gasteiger partial charge on any atom is 0.349 e. The third kappa shape index (κ3) is 3.19. The third-order valence-electron chi connectivity index (χ3n) is 3.99. The first kappa shape index (κ1) is 17.3. The van der Waals surface area contributed by atoms with E-state index in [9.17, 15) is 4.79 Å². The number of halogens is 1. The van der Waals surface area contributed by atoms with Gasteiger partial charge in [-0.1, -0.05) is 21.1 Å². The van der Waals surface area contributed by atoms with E-state index in [1.807, 2.05) is 6.07 Å². The summed E-state index contributed by atoms with van der Waals surface area (Å²) >= 11 is 3.41. The average Bonchev–Trinajstić information content (AvgIpc) is 3.17. The lowest BCUT2D eigenvalue weighted by molar-refractivity contribution is 0.405. The van der Waals surface area contributed by atoms with Gasteiger partial charge in [-0.3, -0.25) is 0 Å². The summed E-state index contributed by atoms with van der Waals surface area (Å²) in [6, 6.07) is 12.4. The van der Waals surface area contributed by atoms with Crippen LogP contribution in [0, 0.1) is 0 Å². The highest BCUT2D eigenvalue weighted by Crippen LogP contribution is 2.31. The monoisotopic (exact) mass is 428 g/mol. The van der Waals surface area contributed by atoms with Gasteiger partial charge in [-0.05, 0) is 42.5 Å². The zero-order valence-electron chi connectivity index (χ0n) is 14.4. The highest BCUT2D eigenvalue weighted by atomic mass is 79.9.